The zero-order valence-corrected chi connectivity index (χ0v) is 34.8. The first kappa shape index (κ1) is 38.2. The van der Waals surface area contributed by atoms with Crippen molar-refractivity contribution in [2.75, 3.05) is 32.6 Å². The largest absolute Gasteiger partial charge is 0.508 e. The Hall–Kier alpha value is -4.71. The Labute approximate surface area is 330 Å². The van der Waals surface area contributed by atoms with Gasteiger partial charge in [-0.3, -0.25) is 9.59 Å². The highest BCUT2D eigenvalue weighted by atomic mass is 28.4. The molecule has 0 fully saturated rings. The summed E-state index contributed by atoms with van der Waals surface area (Å²) >= 11 is 0. The van der Waals surface area contributed by atoms with Gasteiger partial charge in [-0.2, -0.15) is 0 Å². The van der Waals surface area contributed by atoms with Crippen molar-refractivity contribution >= 4 is 25.6 Å². The predicted molar refractivity (Wildman–Crippen MR) is 217 cm³/mol. The summed E-state index contributed by atoms with van der Waals surface area (Å²) in [6, 6.07) is 21.7. The number of hydrogen-bond donors (Lipinski definition) is 1. The Balaban J connectivity index is 1.29. The van der Waals surface area contributed by atoms with Crippen LogP contribution in [0.25, 0.3) is 0 Å². The molecule has 56 heavy (non-hydrogen) atoms. The Kier molecular flexibility index (Phi) is 9.57. The van der Waals surface area contributed by atoms with Crippen molar-refractivity contribution in [2.24, 2.45) is 11.8 Å². The first-order valence-electron chi connectivity index (χ1n) is 19.7. The fourth-order valence-electron chi connectivity index (χ4n) is 9.08. The van der Waals surface area contributed by atoms with Gasteiger partial charge in [-0.25, -0.2) is 0 Å². The van der Waals surface area contributed by atoms with Crippen LogP contribution in [-0.4, -0.2) is 68.3 Å². The zero-order chi connectivity index (χ0) is 39.7. The smallest absolute Gasteiger partial charge is 0.265 e. The second-order valence-electron chi connectivity index (χ2n) is 17.7. The van der Waals surface area contributed by atoms with Crippen LogP contribution in [0, 0.1) is 11.8 Å². The maximum atomic E-state index is 15.4. The minimum atomic E-state index is -2.80. The van der Waals surface area contributed by atoms with Gasteiger partial charge in [0.05, 0.1) is 5.56 Å². The quantitative estimate of drug-likeness (QED) is 0.166. The molecule has 10 nitrogen and oxygen atoms in total. The van der Waals surface area contributed by atoms with E-state index in [0.29, 0.717) is 36.3 Å². The van der Waals surface area contributed by atoms with E-state index in [1.54, 1.807) is 0 Å². The molecule has 1 aliphatic heterocycles. The monoisotopic (exact) mass is 775 g/mol. The van der Waals surface area contributed by atoms with Gasteiger partial charge in [0.15, 0.2) is 25.5 Å². The number of allylic oxidation sites excluding steroid dienone is 1. The van der Waals surface area contributed by atoms with Crippen molar-refractivity contribution in [3.05, 3.63) is 117 Å². The number of hydrogen-bond acceptors (Lipinski definition) is 10. The maximum absolute atomic E-state index is 15.4. The average molecular weight is 776 g/mol. The lowest BCUT2D eigenvalue weighted by atomic mass is 9.60. The van der Waals surface area contributed by atoms with Crippen LogP contribution in [-0.2, 0) is 30.5 Å². The highest BCUT2D eigenvalue weighted by Gasteiger charge is 2.64. The Morgan fingerprint density at radius 2 is 1.61 bits per heavy atom. The molecule has 0 spiro atoms. The molecular weight excluding hydrogens is 723 g/mol. The molecule has 11 heteroatoms. The van der Waals surface area contributed by atoms with E-state index >= 15 is 9.59 Å². The van der Waals surface area contributed by atoms with Gasteiger partial charge in [-0.15, -0.1) is 0 Å². The number of aliphatic hydroxyl groups is 1. The molecule has 294 valence electrons. The fourth-order valence-corrected chi connectivity index (χ4v) is 10.5. The van der Waals surface area contributed by atoms with Crippen molar-refractivity contribution in [1.82, 2.24) is 10.1 Å². The second kappa shape index (κ2) is 14.0. The lowest BCUT2D eigenvalue weighted by Gasteiger charge is -2.52. The van der Waals surface area contributed by atoms with Crippen LogP contribution in [0.15, 0.2) is 82.6 Å². The number of ketones is 2. The maximum Gasteiger partial charge on any atom is 0.265 e. The number of carbonyl (C=O) groups excluding carboxylic acids is 2. The third-order valence-electron chi connectivity index (χ3n) is 13.0. The van der Waals surface area contributed by atoms with Crippen LogP contribution < -0.4 is 14.4 Å². The van der Waals surface area contributed by atoms with E-state index in [4.69, 9.17) is 18.4 Å². The van der Waals surface area contributed by atoms with Gasteiger partial charge in [-0.05, 0) is 90.9 Å². The lowest BCUT2D eigenvalue weighted by Crippen LogP contribution is -2.63. The molecule has 2 unspecified atom stereocenters. The standard InChI is InChI=1S/C45H53N3O7Si/c1-44(2,3)56(7,8)55-45-30(23-35-38(42(45)51)43(46-54-35)53-26-28-17-13-10-14-18-28)21-29-22-32-37(40(49)36(29)41(45)50)34(52-25-27-15-11-9-12-16-27)24-31-33(47(4)5)19-20-48(6)39(31)32/h9-18,24,29-30,33,50H,19-23,25-26H2,1-8H3/t29-,30+,33?,45?/m1/s1. The average Bonchev–Trinajstić information content (AvgIpc) is 3.56. The highest BCUT2D eigenvalue weighted by Crippen LogP contribution is 2.57. The number of aliphatic hydroxyl groups excluding tert-OH is 1. The minimum absolute atomic E-state index is 0.0625. The summed E-state index contributed by atoms with van der Waals surface area (Å²) in [6.07, 6.45) is 2.18. The van der Waals surface area contributed by atoms with E-state index < -0.39 is 25.6 Å². The first-order valence-corrected chi connectivity index (χ1v) is 22.7. The molecule has 8 rings (SSSR count). The molecule has 4 aliphatic rings. The number of Topliss-reactive ketones (excluding diaryl/α,β-unsaturated/α-hetero) is 2. The Bertz CT molecular complexity index is 2210. The van der Waals surface area contributed by atoms with Crippen molar-refractivity contribution in [3.8, 4) is 11.6 Å². The normalized spacial score (nSPS) is 23.3. The van der Waals surface area contributed by atoms with E-state index in [0.717, 1.165) is 40.9 Å². The van der Waals surface area contributed by atoms with Crippen molar-refractivity contribution < 1.29 is 33.1 Å². The zero-order valence-electron chi connectivity index (χ0n) is 33.8. The summed E-state index contributed by atoms with van der Waals surface area (Å²) in [5.41, 5.74) is 4.03. The second-order valence-corrected chi connectivity index (χ2v) is 22.5. The molecule has 0 amide bonds. The first-order chi connectivity index (χ1) is 26.6. The summed E-state index contributed by atoms with van der Waals surface area (Å²) in [7, 11) is 3.47. The van der Waals surface area contributed by atoms with Crippen molar-refractivity contribution in [2.45, 2.75) is 89.4 Å². The Morgan fingerprint density at radius 3 is 2.23 bits per heavy atom. The van der Waals surface area contributed by atoms with Crippen LogP contribution >= 0.6 is 0 Å². The van der Waals surface area contributed by atoms with E-state index in [1.165, 1.54) is 0 Å². The van der Waals surface area contributed by atoms with Crippen LogP contribution in [0.2, 0.25) is 18.1 Å². The fraction of sp³-hybridized carbons (Fsp3) is 0.444. The van der Waals surface area contributed by atoms with Crippen LogP contribution in [0.1, 0.15) is 88.4 Å². The van der Waals surface area contributed by atoms with E-state index in [1.807, 2.05) is 66.7 Å². The summed E-state index contributed by atoms with van der Waals surface area (Å²) in [4.78, 5) is 35.2. The lowest BCUT2D eigenvalue weighted by molar-refractivity contribution is -0.0175. The van der Waals surface area contributed by atoms with Gasteiger partial charge in [0.2, 0.25) is 5.78 Å². The molecule has 2 heterocycles. The van der Waals surface area contributed by atoms with E-state index in [9.17, 15) is 5.11 Å². The number of benzene rings is 3. The van der Waals surface area contributed by atoms with E-state index in [2.05, 4.69) is 70.0 Å². The number of aromatic nitrogens is 1. The third-order valence-corrected chi connectivity index (χ3v) is 17.4. The molecule has 0 saturated heterocycles. The van der Waals surface area contributed by atoms with Crippen LogP contribution in [0.5, 0.6) is 11.6 Å². The van der Waals surface area contributed by atoms with Gasteiger partial charge in [-0.1, -0.05) is 81.4 Å². The van der Waals surface area contributed by atoms with Gasteiger partial charge in [0.1, 0.15) is 30.3 Å². The molecule has 0 bridgehead atoms. The number of anilines is 1. The summed E-state index contributed by atoms with van der Waals surface area (Å²) < 4.78 is 25.8. The molecule has 0 radical (unpaired) electrons. The van der Waals surface area contributed by atoms with Gasteiger partial charge in [0, 0.05) is 43.2 Å². The van der Waals surface area contributed by atoms with Crippen molar-refractivity contribution in [3.63, 3.8) is 0 Å². The van der Waals surface area contributed by atoms with Gasteiger partial charge < -0.3 is 33.3 Å². The third kappa shape index (κ3) is 6.19. The van der Waals surface area contributed by atoms with Crippen LogP contribution in [0.3, 0.4) is 0 Å². The summed E-state index contributed by atoms with van der Waals surface area (Å²) in [6.45, 7) is 11.7. The number of carbonyl (C=O) groups is 2. The van der Waals surface area contributed by atoms with Crippen LogP contribution in [0.4, 0.5) is 5.69 Å². The molecule has 1 aromatic heterocycles. The van der Waals surface area contributed by atoms with Gasteiger partial charge in [0.25, 0.3) is 5.88 Å². The molecule has 0 saturated carbocycles. The number of ether oxygens (including phenoxy) is 2. The number of rotatable bonds is 9. The van der Waals surface area contributed by atoms with E-state index in [-0.39, 0.29) is 58.8 Å². The number of nitrogens with zero attached hydrogens (tertiary/aromatic N) is 3. The SMILES string of the molecule is CN1CCC(N(C)C)c2cc(OCc3ccccc3)c3c(c21)C[C@H]1C[C@H]2Cc4onc(OCc5ccccc5)c4C(=O)C2(O[Si](C)(C)C(C)(C)C)C(O)=C1C3=O. The molecule has 3 aliphatic carbocycles. The number of fused-ring (bicyclic) bond motifs is 6. The molecular formula is C45H53N3O7Si. The molecule has 4 aromatic rings. The highest BCUT2D eigenvalue weighted by molar-refractivity contribution is 6.74. The summed E-state index contributed by atoms with van der Waals surface area (Å²) in [5.74, 6) is -0.981. The predicted octanol–water partition coefficient (Wildman–Crippen LogP) is 8.66. The Morgan fingerprint density at radius 1 is 0.964 bits per heavy atom. The molecule has 4 atom stereocenters. The van der Waals surface area contributed by atoms with Crippen molar-refractivity contribution in [1.29, 1.82) is 0 Å². The molecule has 3 aromatic carbocycles. The van der Waals surface area contributed by atoms with Gasteiger partial charge >= 0.3 is 0 Å². The minimum Gasteiger partial charge on any atom is -0.508 e. The summed E-state index contributed by atoms with van der Waals surface area (Å²) in [5, 5.41) is 16.8. The topological polar surface area (TPSA) is 115 Å². The molecule has 1 N–H and O–H groups in total.